The van der Waals surface area contributed by atoms with E-state index >= 15 is 0 Å². The first kappa shape index (κ1) is 14.5. The summed E-state index contributed by atoms with van der Waals surface area (Å²) in [5.41, 5.74) is 4.00. The average molecular weight is 315 g/mol. The highest BCUT2D eigenvalue weighted by Gasteiger charge is 2.09. The normalized spacial score (nSPS) is 10.9. The van der Waals surface area contributed by atoms with E-state index in [1.807, 2.05) is 49.4 Å². The molecule has 0 aliphatic heterocycles. The molecule has 4 aromatic rings. The van der Waals surface area contributed by atoms with E-state index in [2.05, 4.69) is 15.0 Å². The first-order chi connectivity index (χ1) is 11.7. The molecule has 0 saturated heterocycles. The van der Waals surface area contributed by atoms with Crippen molar-refractivity contribution in [1.82, 2.24) is 15.0 Å². The number of benzene rings is 2. The van der Waals surface area contributed by atoms with Crippen molar-refractivity contribution in [3.63, 3.8) is 0 Å². The van der Waals surface area contributed by atoms with Crippen LogP contribution < -0.4 is 0 Å². The molecule has 2 aromatic carbocycles. The van der Waals surface area contributed by atoms with Crippen molar-refractivity contribution in [2.24, 2.45) is 0 Å². The highest BCUT2D eigenvalue weighted by molar-refractivity contribution is 5.79. The Hall–Kier alpha value is -3.14. The fraction of sp³-hybridized carbons (Fsp3) is 0.0500. The zero-order chi connectivity index (χ0) is 16.5. The van der Waals surface area contributed by atoms with Gasteiger partial charge < -0.3 is 0 Å². The Morgan fingerprint density at radius 2 is 1.67 bits per heavy atom. The quantitative estimate of drug-likeness (QED) is 0.533. The molecular weight excluding hydrogens is 301 g/mol. The number of aromatic nitrogens is 3. The lowest BCUT2D eigenvalue weighted by Gasteiger charge is -2.07. The van der Waals surface area contributed by atoms with Gasteiger partial charge in [0.25, 0.3) is 0 Å². The lowest BCUT2D eigenvalue weighted by Crippen LogP contribution is -1.95. The Morgan fingerprint density at radius 3 is 2.58 bits per heavy atom. The van der Waals surface area contributed by atoms with Gasteiger partial charge in [-0.05, 0) is 42.8 Å². The minimum Gasteiger partial charge on any atom is -0.244 e. The summed E-state index contributed by atoms with van der Waals surface area (Å²) in [4.78, 5) is 13.6. The van der Waals surface area contributed by atoms with Crippen LogP contribution >= 0.6 is 0 Å². The summed E-state index contributed by atoms with van der Waals surface area (Å²) >= 11 is 0. The molecule has 0 unspecified atom stereocenters. The van der Waals surface area contributed by atoms with Crippen LogP contribution in [0.5, 0.6) is 0 Å². The Kier molecular flexibility index (Phi) is 3.50. The molecule has 3 nitrogen and oxygen atoms in total. The minimum atomic E-state index is -0.273. The van der Waals surface area contributed by atoms with E-state index in [4.69, 9.17) is 0 Å². The van der Waals surface area contributed by atoms with E-state index in [1.165, 1.54) is 12.1 Å². The summed E-state index contributed by atoms with van der Waals surface area (Å²) in [6.07, 6.45) is 1.79. The second-order valence-electron chi connectivity index (χ2n) is 5.62. The Bertz CT molecular complexity index is 1040. The van der Waals surface area contributed by atoms with Crippen LogP contribution in [-0.4, -0.2) is 15.0 Å². The summed E-state index contributed by atoms with van der Waals surface area (Å²) in [6, 6.07) is 18.1. The highest BCUT2D eigenvalue weighted by atomic mass is 19.1. The van der Waals surface area contributed by atoms with Gasteiger partial charge in [0.05, 0.1) is 11.2 Å². The first-order valence-electron chi connectivity index (χ1n) is 7.66. The van der Waals surface area contributed by atoms with Gasteiger partial charge in [0.1, 0.15) is 11.5 Å². The van der Waals surface area contributed by atoms with Crippen LogP contribution in [0.25, 0.3) is 33.7 Å². The zero-order valence-corrected chi connectivity index (χ0v) is 13.1. The van der Waals surface area contributed by atoms with E-state index in [0.29, 0.717) is 17.2 Å². The number of halogens is 1. The van der Waals surface area contributed by atoms with Gasteiger partial charge in [0.2, 0.25) is 0 Å². The van der Waals surface area contributed by atoms with E-state index in [1.54, 1.807) is 12.3 Å². The second-order valence-corrected chi connectivity index (χ2v) is 5.62. The zero-order valence-electron chi connectivity index (χ0n) is 13.1. The van der Waals surface area contributed by atoms with Gasteiger partial charge in [-0.2, -0.15) is 0 Å². The number of nitrogens with zero attached hydrogens (tertiary/aromatic N) is 3. The van der Waals surface area contributed by atoms with Crippen molar-refractivity contribution in [3.8, 4) is 22.8 Å². The molecule has 0 saturated carbocycles. The number of hydrogen-bond donors (Lipinski definition) is 0. The lowest BCUT2D eigenvalue weighted by atomic mass is 10.0. The lowest BCUT2D eigenvalue weighted by molar-refractivity contribution is 0.628. The van der Waals surface area contributed by atoms with Crippen LogP contribution in [0.15, 0.2) is 66.9 Å². The van der Waals surface area contributed by atoms with E-state index in [9.17, 15) is 4.39 Å². The van der Waals surface area contributed by atoms with Crippen LogP contribution in [0.3, 0.4) is 0 Å². The topological polar surface area (TPSA) is 38.7 Å². The Labute approximate surface area is 138 Å². The van der Waals surface area contributed by atoms with Crippen LogP contribution in [0.1, 0.15) is 5.56 Å². The molecular formula is C20H14FN3. The molecule has 0 radical (unpaired) electrons. The number of fused-ring (bicyclic) bond motifs is 1. The van der Waals surface area contributed by atoms with Crippen molar-refractivity contribution in [1.29, 1.82) is 0 Å². The van der Waals surface area contributed by atoms with E-state index < -0.39 is 0 Å². The predicted molar refractivity (Wildman–Crippen MR) is 92.9 cm³/mol. The van der Waals surface area contributed by atoms with Crippen molar-refractivity contribution < 1.29 is 4.39 Å². The third-order valence-corrected chi connectivity index (χ3v) is 3.94. The van der Waals surface area contributed by atoms with Crippen LogP contribution in [-0.2, 0) is 0 Å². The molecule has 4 rings (SSSR count). The smallest absolute Gasteiger partial charge is 0.178 e. The molecule has 2 heterocycles. The van der Waals surface area contributed by atoms with Gasteiger partial charge in [-0.1, -0.05) is 30.3 Å². The summed E-state index contributed by atoms with van der Waals surface area (Å²) in [6.45, 7) is 1.94. The summed E-state index contributed by atoms with van der Waals surface area (Å²) in [5.74, 6) is 0.286. The van der Waals surface area contributed by atoms with Gasteiger partial charge in [0.15, 0.2) is 5.82 Å². The maximum Gasteiger partial charge on any atom is 0.178 e. The summed E-state index contributed by atoms with van der Waals surface area (Å²) in [7, 11) is 0. The molecule has 116 valence electrons. The predicted octanol–water partition coefficient (Wildman–Crippen LogP) is 4.81. The molecule has 0 aliphatic rings. The summed E-state index contributed by atoms with van der Waals surface area (Å²) in [5, 5.41) is 0.985. The molecule has 0 spiro atoms. The number of hydrogen-bond acceptors (Lipinski definition) is 3. The number of aryl methyl sites for hydroxylation is 1. The number of rotatable bonds is 2. The molecule has 4 heteroatoms. The molecule has 0 amide bonds. The molecule has 2 aromatic heterocycles. The number of pyridine rings is 1. The van der Waals surface area contributed by atoms with Crippen molar-refractivity contribution >= 4 is 10.9 Å². The van der Waals surface area contributed by atoms with Crippen LogP contribution in [0, 0.1) is 12.7 Å². The average Bonchev–Trinajstić information content (AvgIpc) is 2.63. The van der Waals surface area contributed by atoms with Gasteiger partial charge in [0, 0.05) is 17.1 Å². The first-order valence-corrected chi connectivity index (χ1v) is 7.66. The number of para-hydroxylation sites is 1. The third-order valence-electron chi connectivity index (χ3n) is 3.94. The monoisotopic (exact) mass is 315 g/mol. The molecule has 24 heavy (non-hydrogen) atoms. The van der Waals surface area contributed by atoms with Crippen molar-refractivity contribution in [2.75, 3.05) is 0 Å². The highest BCUT2D eigenvalue weighted by Crippen LogP contribution is 2.25. The van der Waals surface area contributed by atoms with Crippen molar-refractivity contribution in [2.45, 2.75) is 6.92 Å². The standard InChI is InChI=1S/C20H14FN3/c1-13-9-10-15(21)11-16(13)18-7-4-8-19(23-18)20-22-12-14-5-2-3-6-17(14)24-20/h2-12H,1H3. The van der Waals surface area contributed by atoms with Gasteiger partial charge in [-0.15, -0.1) is 0 Å². The van der Waals surface area contributed by atoms with Crippen LogP contribution in [0.4, 0.5) is 4.39 Å². The fourth-order valence-electron chi connectivity index (χ4n) is 2.67. The molecule has 0 atom stereocenters. The molecule has 0 aliphatic carbocycles. The van der Waals surface area contributed by atoms with Gasteiger partial charge in [-0.25, -0.2) is 19.3 Å². The van der Waals surface area contributed by atoms with Gasteiger partial charge >= 0.3 is 0 Å². The minimum absolute atomic E-state index is 0.273. The Balaban J connectivity index is 1.83. The SMILES string of the molecule is Cc1ccc(F)cc1-c1cccc(-c2ncc3ccccc3n2)n1. The molecule has 0 bridgehead atoms. The Morgan fingerprint density at radius 1 is 0.833 bits per heavy atom. The molecule has 0 N–H and O–H groups in total. The largest absolute Gasteiger partial charge is 0.244 e. The van der Waals surface area contributed by atoms with Crippen LogP contribution in [0.2, 0.25) is 0 Å². The maximum absolute atomic E-state index is 13.6. The van der Waals surface area contributed by atoms with Gasteiger partial charge in [-0.3, -0.25) is 0 Å². The summed E-state index contributed by atoms with van der Waals surface area (Å²) < 4.78 is 13.6. The van der Waals surface area contributed by atoms with E-state index in [0.717, 1.165) is 22.0 Å². The third kappa shape index (κ3) is 2.63. The molecule has 0 fully saturated rings. The second kappa shape index (κ2) is 5.81. The van der Waals surface area contributed by atoms with E-state index in [-0.39, 0.29) is 5.82 Å². The fourth-order valence-corrected chi connectivity index (χ4v) is 2.67. The maximum atomic E-state index is 13.6. The van der Waals surface area contributed by atoms with Crippen molar-refractivity contribution in [3.05, 3.63) is 78.2 Å².